The first kappa shape index (κ1) is 16.6. The minimum Gasteiger partial charge on any atom is -0.494 e. The fraction of sp³-hybridized carbons (Fsp3) is 0.316. The van der Waals surface area contributed by atoms with Crippen LogP contribution in [0.15, 0.2) is 54.6 Å². The molecular formula is C19H22O2S. The number of carbonyl (C=O) groups is 1. The van der Waals surface area contributed by atoms with Gasteiger partial charge in [0.15, 0.2) is 5.78 Å². The summed E-state index contributed by atoms with van der Waals surface area (Å²) in [5.41, 5.74) is 2.00. The van der Waals surface area contributed by atoms with Crippen molar-refractivity contribution in [1.82, 2.24) is 0 Å². The predicted octanol–water partition coefficient (Wildman–Crippen LogP) is 4.98. The van der Waals surface area contributed by atoms with Gasteiger partial charge >= 0.3 is 0 Å². The standard InChI is InChI=1S/C19H22O2S/c1-2-3-13-21-18-11-9-17(10-12-18)19(20)15-22-14-16-7-5-4-6-8-16/h4-12H,2-3,13-15H2,1H3. The maximum atomic E-state index is 12.1. The zero-order valence-corrected chi connectivity index (χ0v) is 13.8. The largest absolute Gasteiger partial charge is 0.494 e. The summed E-state index contributed by atoms with van der Waals surface area (Å²) in [4.78, 5) is 12.1. The van der Waals surface area contributed by atoms with Gasteiger partial charge in [0.05, 0.1) is 12.4 Å². The van der Waals surface area contributed by atoms with Gasteiger partial charge in [-0.3, -0.25) is 4.79 Å². The van der Waals surface area contributed by atoms with Gasteiger partial charge in [-0.25, -0.2) is 0 Å². The molecule has 0 heterocycles. The van der Waals surface area contributed by atoms with Crippen LogP contribution in [0.3, 0.4) is 0 Å². The lowest BCUT2D eigenvalue weighted by Crippen LogP contribution is -2.03. The molecule has 2 nitrogen and oxygen atoms in total. The molecule has 0 aliphatic rings. The van der Waals surface area contributed by atoms with Crippen molar-refractivity contribution in [1.29, 1.82) is 0 Å². The van der Waals surface area contributed by atoms with E-state index in [0.717, 1.165) is 36.5 Å². The highest BCUT2D eigenvalue weighted by Crippen LogP contribution is 2.17. The summed E-state index contributed by atoms with van der Waals surface area (Å²) in [6.07, 6.45) is 2.17. The number of thioether (sulfide) groups is 1. The van der Waals surface area contributed by atoms with E-state index in [4.69, 9.17) is 4.74 Å². The Morgan fingerprint density at radius 3 is 2.45 bits per heavy atom. The number of hydrogen-bond donors (Lipinski definition) is 0. The Bertz CT molecular complexity index is 564. The van der Waals surface area contributed by atoms with Crippen molar-refractivity contribution in [2.75, 3.05) is 12.4 Å². The van der Waals surface area contributed by atoms with Crippen molar-refractivity contribution in [2.24, 2.45) is 0 Å². The smallest absolute Gasteiger partial charge is 0.172 e. The number of rotatable bonds is 9. The van der Waals surface area contributed by atoms with Crippen LogP contribution in [0, 0.1) is 0 Å². The Kier molecular flexibility index (Phi) is 7.04. The fourth-order valence-electron chi connectivity index (χ4n) is 1.99. The molecule has 0 aliphatic heterocycles. The Balaban J connectivity index is 1.77. The van der Waals surface area contributed by atoms with Gasteiger partial charge in [-0.1, -0.05) is 43.7 Å². The number of ketones is 1. The highest BCUT2D eigenvalue weighted by molar-refractivity contribution is 7.99. The van der Waals surface area contributed by atoms with Gasteiger partial charge in [-0.2, -0.15) is 0 Å². The van der Waals surface area contributed by atoms with E-state index in [1.165, 1.54) is 5.56 Å². The van der Waals surface area contributed by atoms with E-state index < -0.39 is 0 Å². The van der Waals surface area contributed by atoms with Crippen molar-refractivity contribution in [3.63, 3.8) is 0 Å². The molecule has 0 aliphatic carbocycles. The number of carbonyl (C=O) groups excluding carboxylic acids is 1. The summed E-state index contributed by atoms with van der Waals surface area (Å²) >= 11 is 1.65. The van der Waals surface area contributed by atoms with E-state index in [0.29, 0.717) is 5.75 Å². The molecule has 0 N–H and O–H groups in total. The first-order valence-corrected chi connectivity index (χ1v) is 8.83. The normalized spacial score (nSPS) is 10.4. The number of ether oxygens (including phenoxy) is 1. The topological polar surface area (TPSA) is 26.3 Å². The lowest BCUT2D eigenvalue weighted by atomic mass is 10.1. The third-order valence-electron chi connectivity index (χ3n) is 3.29. The van der Waals surface area contributed by atoms with Crippen LogP contribution in [0.1, 0.15) is 35.7 Å². The molecule has 0 atom stereocenters. The van der Waals surface area contributed by atoms with Crippen LogP contribution < -0.4 is 4.74 Å². The number of Topliss-reactive ketones (excluding diaryl/α,β-unsaturated/α-hetero) is 1. The summed E-state index contributed by atoms with van der Waals surface area (Å²) in [5.74, 6) is 2.37. The van der Waals surface area contributed by atoms with E-state index in [1.807, 2.05) is 42.5 Å². The quantitative estimate of drug-likeness (QED) is 0.482. The van der Waals surface area contributed by atoms with Crippen molar-refractivity contribution < 1.29 is 9.53 Å². The zero-order valence-electron chi connectivity index (χ0n) is 13.0. The van der Waals surface area contributed by atoms with Crippen LogP contribution in [0.5, 0.6) is 5.75 Å². The molecule has 0 aromatic heterocycles. The molecule has 3 heteroatoms. The molecule has 0 amide bonds. The molecule has 0 unspecified atom stereocenters. The highest BCUT2D eigenvalue weighted by Gasteiger charge is 2.06. The second-order valence-corrected chi connectivity index (χ2v) is 6.11. The molecule has 2 aromatic rings. The Morgan fingerprint density at radius 2 is 1.77 bits per heavy atom. The summed E-state index contributed by atoms with van der Waals surface area (Å²) in [6, 6.07) is 17.7. The third kappa shape index (κ3) is 5.57. The van der Waals surface area contributed by atoms with Gasteiger partial charge in [-0.15, -0.1) is 11.8 Å². The minimum absolute atomic E-state index is 0.168. The molecule has 0 bridgehead atoms. The van der Waals surface area contributed by atoms with Crippen molar-refractivity contribution in [3.8, 4) is 5.75 Å². The fourth-order valence-corrected chi connectivity index (χ4v) is 2.87. The Labute approximate surface area is 136 Å². The van der Waals surface area contributed by atoms with Gasteiger partial charge in [-0.05, 0) is 36.2 Å². The molecule has 0 saturated carbocycles. The van der Waals surface area contributed by atoms with Crippen LogP contribution in [0.4, 0.5) is 0 Å². The molecular weight excluding hydrogens is 292 g/mol. The van der Waals surface area contributed by atoms with Gasteiger partial charge < -0.3 is 4.74 Å². The summed E-state index contributed by atoms with van der Waals surface area (Å²) in [6.45, 7) is 2.87. The maximum absolute atomic E-state index is 12.1. The average Bonchev–Trinajstić information content (AvgIpc) is 2.56. The first-order valence-electron chi connectivity index (χ1n) is 7.67. The second-order valence-electron chi connectivity index (χ2n) is 5.13. The molecule has 22 heavy (non-hydrogen) atoms. The van der Waals surface area contributed by atoms with E-state index in [2.05, 4.69) is 19.1 Å². The summed E-state index contributed by atoms with van der Waals surface area (Å²) in [5, 5.41) is 0. The molecule has 0 spiro atoms. The van der Waals surface area contributed by atoms with Crippen molar-refractivity contribution in [3.05, 3.63) is 65.7 Å². The van der Waals surface area contributed by atoms with E-state index in [1.54, 1.807) is 11.8 Å². The number of unbranched alkanes of at least 4 members (excludes halogenated alkanes) is 1. The zero-order chi connectivity index (χ0) is 15.6. The van der Waals surface area contributed by atoms with Gasteiger partial charge in [0, 0.05) is 11.3 Å². The highest BCUT2D eigenvalue weighted by atomic mass is 32.2. The maximum Gasteiger partial charge on any atom is 0.172 e. The van der Waals surface area contributed by atoms with E-state index in [9.17, 15) is 4.79 Å². The summed E-state index contributed by atoms with van der Waals surface area (Å²) < 4.78 is 5.60. The monoisotopic (exact) mass is 314 g/mol. The minimum atomic E-state index is 0.168. The van der Waals surface area contributed by atoms with Crippen LogP contribution in [-0.4, -0.2) is 18.1 Å². The van der Waals surface area contributed by atoms with E-state index in [-0.39, 0.29) is 5.78 Å². The lowest BCUT2D eigenvalue weighted by Gasteiger charge is -2.06. The van der Waals surface area contributed by atoms with E-state index >= 15 is 0 Å². The van der Waals surface area contributed by atoms with Crippen molar-refractivity contribution in [2.45, 2.75) is 25.5 Å². The molecule has 116 valence electrons. The lowest BCUT2D eigenvalue weighted by molar-refractivity contribution is 0.102. The molecule has 2 rings (SSSR count). The van der Waals surface area contributed by atoms with Crippen LogP contribution >= 0.6 is 11.8 Å². The molecule has 0 fully saturated rings. The number of hydrogen-bond acceptors (Lipinski definition) is 3. The summed E-state index contributed by atoms with van der Waals surface area (Å²) in [7, 11) is 0. The van der Waals surface area contributed by atoms with Gasteiger partial charge in [0.25, 0.3) is 0 Å². The molecule has 2 aromatic carbocycles. The first-order chi connectivity index (χ1) is 10.8. The van der Waals surface area contributed by atoms with Gasteiger partial charge in [0.2, 0.25) is 0 Å². The predicted molar refractivity (Wildman–Crippen MR) is 93.8 cm³/mol. The second kappa shape index (κ2) is 9.31. The molecule has 0 radical (unpaired) electrons. The van der Waals surface area contributed by atoms with Crippen molar-refractivity contribution >= 4 is 17.5 Å². The van der Waals surface area contributed by atoms with Gasteiger partial charge in [0.1, 0.15) is 5.75 Å². The van der Waals surface area contributed by atoms with Crippen LogP contribution in [0.2, 0.25) is 0 Å². The average molecular weight is 314 g/mol. The Morgan fingerprint density at radius 1 is 1.05 bits per heavy atom. The SMILES string of the molecule is CCCCOc1ccc(C(=O)CSCc2ccccc2)cc1. The van der Waals surface area contributed by atoms with Crippen LogP contribution in [-0.2, 0) is 5.75 Å². The Hall–Kier alpha value is -1.74. The van der Waals surface area contributed by atoms with Crippen LogP contribution in [0.25, 0.3) is 0 Å². The number of benzene rings is 2. The third-order valence-corrected chi connectivity index (χ3v) is 4.29. The molecule has 0 saturated heterocycles.